The average Bonchev–Trinajstić information content (AvgIpc) is 3.95. The van der Waals surface area contributed by atoms with Gasteiger partial charge in [0.25, 0.3) is 0 Å². The number of likely N-dealkylation sites (N-methyl/N-ethyl adjacent to an activating group) is 2. The zero-order valence-corrected chi connectivity index (χ0v) is 37.5. The Bertz CT molecular complexity index is 2820. The highest BCUT2D eigenvalue weighted by atomic mass is 19.4. The zero-order chi connectivity index (χ0) is 49.2. The first kappa shape index (κ1) is 48.0. The molecule has 0 saturated heterocycles. The normalized spacial score (nSPS) is 15.7. The first-order valence-corrected chi connectivity index (χ1v) is 20.6. The Morgan fingerprint density at radius 1 is 0.706 bits per heavy atom. The van der Waals surface area contributed by atoms with Gasteiger partial charge in [-0.2, -0.15) is 46.5 Å². The predicted octanol–water partition coefficient (Wildman–Crippen LogP) is 5.83. The van der Waals surface area contributed by atoms with E-state index in [0.717, 1.165) is 23.9 Å². The van der Waals surface area contributed by atoms with Crippen molar-refractivity contribution in [1.82, 2.24) is 49.5 Å². The molecule has 68 heavy (non-hydrogen) atoms. The van der Waals surface area contributed by atoms with Crippen LogP contribution in [0.3, 0.4) is 0 Å². The maximum Gasteiger partial charge on any atom is 0.433 e. The molecule has 2 aliphatic rings. The molecule has 0 aliphatic carbocycles. The maximum atomic E-state index is 12.7. The summed E-state index contributed by atoms with van der Waals surface area (Å²) < 4.78 is 84.1. The number of rotatable bonds is 10. The molecule has 6 aromatic heterocycles. The van der Waals surface area contributed by atoms with Crippen molar-refractivity contribution in [2.24, 2.45) is 0 Å². The van der Waals surface area contributed by atoms with Crippen molar-refractivity contribution in [3.63, 3.8) is 0 Å². The van der Waals surface area contributed by atoms with Crippen LogP contribution in [-0.4, -0.2) is 101 Å². The van der Waals surface area contributed by atoms with Gasteiger partial charge in [0.1, 0.15) is 34.8 Å². The van der Waals surface area contributed by atoms with Crippen molar-refractivity contribution in [1.29, 1.82) is 0 Å². The zero-order valence-electron chi connectivity index (χ0n) is 37.5. The number of nitrogens with one attached hydrogen (secondary N) is 3. The van der Waals surface area contributed by atoms with Crippen LogP contribution in [0, 0.1) is 13.8 Å². The van der Waals surface area contributed by atoms with Gasteiger partial charge in [-0.15, -0.1) is 0 Å². The van der Waals surface area contributed by atoms with Crippen LogP contribution in [0.1, 0.15) is 58.9 Å². The third-order valence-electron chi connectivity index (χ3n) is 10.9. The monoisotopic (exact) mass is 950 g/mol. The molecule has 6 aromatic rings. The summed E-state index contributed by atoms with van der Waals surface area (Å²) in [6.07, 6.45) is -0.727. The van der Waals surface area contributed by atoms with Gasteiger partial charge >= 0.3 is 18.4 Å². The number of aromatic nitrogens is 10. The number of nitrogens with zero attached hydrogens (tertiary/aromatic N) is 13. The van der Waals surface area contributed by atoms with E-state index in [2.05, 4.69) is 56.1 Å². The highest BCUT2D eigenvalue weighted by Crippen LogP contribution is 2.35. The number of fused-ring (bicyclic) bond motifs is 2. The summed E-state index contributed by atoms with van der Waals surface area (Å²) in [7, 11) is 4.76. The minimum absolute atomic E-state index is 0.0157. The van der Waals surface area contributed by atoms with Crippen molar-refractivity contribution in [2.45, 2.75) is 78.3 Å². The fourth-order valence-corrected chi connectivity index (χ4v) is 6.87. The minimum Gasteiger partial charge on any atom is -0.452 e. The summed E-state index contributed by atoms with van der Waals surface area (Å²) in [5, 5.41) is 17.2. The lowest BCUT2D eigenvalue weighted by Gasteiger charge is -2.33. The highest BCUT2D eigenvalue weighted by Gasteiger charge is 2.35. The number of hydrogen-bond acceptors (Lipinski definition) is 15. The third-order valence-corrected chi connectivity index (χ3v) is 10.9. The summed E-state index contributed by atoms with van der Waals surface area (Å²) in [4.78, 5) is 66.3. The molecule has 8 rings (SSSR count). The van der Waals surface area contributed by atoms with Crippen molar-refractivity contribution in [3.8, 4) is 0 Å². The minimum atomic E-state index is -4.51. The fourth-order valence-electron chi connectivity index (χ4n) is 6.87. The summed E-state index contributed by atoms with van der Waals surface area (Å²) in [6.45, 7) is 7.90. The Morgan fingerprint density at radius 2 is 1.19 bits per heavy atom. The van der Waals surface area contributed by atoms with E-state index in [1.165, 1.54) is 41.2 Å². The van der Waals surface area contributed by atoms with Crippen LogP contribution in [0.15, 0.2) is 61.4 Å². The molecule has 0 aromatic carbocycles. The number of carbonyl (C=O) groups excluding carboxylic acids is 3. The average molecular weight is 951 g/mol. The lowest BCUT2D eigenvalue weighted by atomic mass is 10.2. The van der Waals surface area contributed by atoms with E-state index in [0.29, 0.717) is 70.1 Å². The molecule has 3 amide bonds. The van der Waals surface area contributed by atoms with Crippen LogP contribution in [0.5, 0.6) is 0 Å². The number of hydrogen-bond donors (Lipinski definition) is 3. The Morgan fingerprint density at radius 3 is 1.68 bits per heavy atom. The number of carbonyl (C=O) groups is 3. The van der Waals surface area contributed by atoms with Crippen molar-refractivity contribution in [2.75, 3.05) is 51.9 Å². The second-order valence-electron chi connectivity index (χ2n) is 15.8. The lowest BCUT2D eigenvalue weighted by molar-refractivity contribution is -0.142. The molecule has 358 valence electrons. The highest BCUT2D eigenvalue weighted by molar-refractivity contribution is 6.04. The maximum absolute atomic E-state index is 12.7. The molecule has 2 aliphatic heterocycles. The summed E-state index contributed by atoms with van der Waals surface area (Å²) in [5.41, 5.74) is 2.87. The topological polar surface area (TPSA) is 219 Å². The number of halogens is 6. The van der Waals surface area contributed by atoms with Crippen molar-refractivity contribution in [3.05, 3.63) is 106 Å². The smallest absolute Gasteiger partial charge is 0.433 e. The van der Waals surface area contributed by atoms with Crippen LogP contribution < -0.4 is 30.7 Å². The number of alkyl halides is 6. The summed E-state index contributed by atoms with van der Waals surface area (Å²) >= 11 is 0. The van der Waals surface area contributed by atoms with Crippen LogP contribution >= 0.6 is 0 Å². The Hall–Kier alpha value is -7.93. The van der Waals surface area contributed by atoms with Gasteiger partial charge in [-0.3, -0.25) is 28.9 Å². The number of amides is 3. The Balaban J connectivity index is 0.000000203. The molecule has 0 unspecified atom stereocenters. The lowest BCUT2D eigenvalue weighted by Crippen LogP contribution is -2.45. The molecule has 0 radical (unpaired) electrons. The standard InChI is InChI=1S/C22H23F3N8O3.C20H21F3N8O/c1-12-17-18(31(3)13(2)19(34)29-17)30-20(28-12)33(21(35)36-4)11-15-8-27-32(10-15)9-14-5-6-16(26-7-14)22(23,24)25;1-11-16-17(30(3)12(2)18(32)28-16)29-19(27-11)25-7-14-8-26-31(10-14)9-13-4-5-15(24-6-13)20(21,22)23/h5-8,10,13H,9,11H2,1-4H3,(H,29,34);4-6,8,10,12H,7,9H2,1-3H3,(H,28,32)(H,25,27,29)/t13-;12-/m00/s1. The fraction of sp³-hybridized carbons (Fsp3) is 0.357. The number of ether oxygens (including phenoxy) is 1. The second-order valence-corrected chi connectivity index (χ2v) is 15.8. The first-order valence-electron chi connectivity index (χ1n) is 20.6. The molecule has 20 nitrogen and oxygen atoms in total. The summed E-state index contributed by atoms with van der Waals surface area (Å²) in [6, 6.07) is 3.77. The van der Waals surface area contributed by atoms with E-state index in [1.54, 1.807) is 74.9 Å². The molecule has 0 saturated carbocycles. The van der Waals surface area contributed by atoms with Gasteiger partial charge in [0, 0.05) is 56.6 Å². The Kier molecular flexibility index (Phi) is 13.5. The van der Waals surface area contributed by atoms with Crippen LogP contribution in [0.2, 0.25) is 0 Å². The van der Waals surface area contributed by atoms with Crippen molar-refractivity contribution < 1.29 is 45.5 Å². The van der Waals surface area contributed by atoms with Gasteiger partial charge < -0.3 is 30.5 Å². The molecular formula is C42H44F6N16O4. The molecule has 0 fully saturated rings. The molecule has 2 atom stereocenters. The van der Waals surface area contributed by atoms with Gasteiger partial charge in [-0.25, -0.2) is 19.7 Å². The summed E-state index contributed by atoms with van der Waals surface area (Å²) in [5.74, 6) is 1.29. The van der Waals surface area contributed by atoms with E-state index in [4.69, 9.17) is 4.74 Å². The van der Waals surface area contributed by atoms with E-state index < -0.39 is 35.9 Å². The van der Waals surface area contributed by atoms with Crippen LogP contribution in [0.25, 0.3) is 0 Å². The third kappa shape index (κ3) is 10.7. The number of anilines is 6. The van der Waals surface area contributed by atoms with Crippen molar-refractivity contribution >= 4 is 52.8 Å². The van der Waals surface area contributed by atoms with Gasteiger partial charge in [0.15, 0.2) is 11.6 Å². The number of methoxy groups -OCH3 is 1. The molecule has 8 heterocycles. The van der Waals surface area contributed by atoms with Gasteiger partial charge in [-0.1, -0.05) is 12.1 Å². The van der Waals surface area contributed by atoms with Gasteiger partial charge in [-0.05, 0) is 51.0 Å². The molecule has 0 spiro atoms. The largest absolute Gasteiger partial charge is 0.452 e. The number of aryl methyl sites for hydroxylation is 2. The van der Waals surface area contributed by atoms with Crippen LogP contribution in [0.4, 0.5) is 66.0 Å². The van der Waals surface area contributed by atoms with E-state index >= 15 is 0 Å². The van der Waals surface area contributed by atoms with E-state index in [-0.39, 0.29) is 36.9 Å². The van der Waals surface area contributed by atoms with Crippen LogP contribution in [-0.2, 0) is 52.9 Å². The van der Waals surface area contributed by atoms with Gasteiger partial charge in [0.2, 0.25) is 23.7 Å². The Labute approximate surface area is 383 Å². The predicted molar refractivity (Wildman–Crippen MR) is 234 cm³/mol. The second kappa shape index (κ2) is 19.1. The van der Waals surface area contributed by atoms with E-state index in [9.17, 15) is 40.7 Å². The molecule has 26 heteroatoms. The first-order chi connectivity index (χ1) is 32.1. The molecule has 0 bridgehead atoms. The SMILES string of the molecule is COC(=O)N(Cc1cnn(Cc2ccc(C(F)(F)F)nc2)c1)c1nc(C)c2c(n1)N(C)[C@@H](C)C(=O)N2.Cc1nc(NCc2cnn(Cc3ccc(C(F)(F)F)nc3)c2)nc2c1NC(=O)[C@H](C)N2C. The molecule has 3 N–H and O–H groups in total. The van der Waals surface area contributed by atoms with Gasteiger partial charge in [0.05, 0.1) is 50.5 Å². The van der Waals surface area contributed by atoms with E-state index in [1.807, 2.05) is 0 Å². The molecular weight excluding hydrogens is 907 g/mol. The number of pyridine rings is 2. The quantitative estimate of drug-likeness (QED) is 0.138.